The molecule has 1 heterocycles. The number of rotatable bonds is 5. The molecule has 0 aliphatic carbocycles. The third kappa shape index (κ3) is 4.18. The van der Waals surface area contributed by atoms with Crippen LogP contribution in [0.25, 0.3) is 0 Å². The van der Waals surface area contributed by atoms with E-state index in [1.165, 1.54) is 0 Å². The Morgan fingerprint density at radius 2 is 2.10 bits per heavy atom. The summed E-state index contributed by atoms with van der Waals surface area (Å²) in [6.07, 6.45) is 1.61. The van der Waals surface area contributed by atoms with Gasteiger partial charge in [0.15, 0.2) is 0 Å². The van der Waals surface area contributed by atoms with Crippen molar-refractivity contribution in [2.45, 2.75) is 25.8 Å². The van der Waals surface area contributed by atoms with Gasteiger partial charge in [-0.05, 0) is 49.1 Å². The molecule has 2 rings (SSSR count). The fraction of sp³-hybridized carbons (Fsp3) is 0.308. The average molecular weight is 312 g/mol. The van der Waals surface area contributed by atoms with Gasteiger partial charge in [0.1, 0.15) is 5.75 Å². The Morgan fingerprint density at radius 3 is 2.70 bits per heavy atom. The number of halogens is 1. The molecule has 1 amide bonds. The molecular weight excluding hydrogens is 298 g/mol. The number of carbonyl (C=O) groups excluding carboxylic acids is 1. The lowest BCUT2D eigenvalue weighted by Crippen LogP contribution is -2.32. The number of aromatic nitrogens is 2. The zero-order chi connectivity index (χ0) is 14.5. The van der Waals surface area contributed by atoms with Gasteiger partial charge in [0.2, 0.25) is 9.47 Å². The van der Waals surface area contributed by atoms with Crippen molar-refractivity contribution in [3.8, 4) is 5.75 Å². The number of hydrogen-bond donors (Lipinski definition) is 2. The van der Waals surface area contributed by atoms with Gasteiger partial charge < -0.3 is 10.4 Å². The van der Waals surface area contributed by atoms with Gasteiger partial charge >= 0.3 is 0 Å². The Morgan fingerprint density at radius 1 is 1.40 bits per heavy atom. The largest absolute Gasteiger partial charge is 0.508 e. The smallest absolute Gasteiger partial charge is 0.282 e. The molecule has 2 aromatic rings. The Hall–Kier alpha value is -1.66. The lowest BCUT2D eigenvalue weighted by molar-refractivity contribution is 0.0937. The van der Waals surface area contributed by atoms with Crippen molar-refractivity contribution in [3.05, 3.63) is 39.3 Å². The van der Waals surface area contributed by atoms with Crippen LogP contribution in [0.5, 0.6) is 5.75 Å². The van der Waals surface area contributed by atoms with Gasteiger partial charge in [0, 0.05) is 6.04 Å². The quantitative estimate of drug-likeness (QED) is 0.890. The first-order chi connectivity index (χ1) is 9.54. The molecule has 1 aromatic carbocycles. The number of aryl methyl sites for hydroxylation is 1. The highest BCUT2D eigenvalue weighted by molar-refractivity contribution is 7.17. The predicted octanol–water partition coefficient (Wildman–Crippen LogP) is 2.65. The minimum absolute atomic E-state index is 0.0129. The van der Waals surface area contributed by atoms with Gasteiger partial charge in [-0.2, -0.15) is 0 Å². The number of hydrogen-bond acceptors (Lipinski definition) is 5. The first-order valence-electron chi connectivity index (χ1n) is 6.12. The van der Waals surface area contributed by atoms with Crippen LogP contribution in [0.15, 0.2) is 24.3 Å². The second-order valence-electron chi connectivity index (χ2n) is 4.44. The zero-order valence-corrected chi connectivity index (χ0v) is 12.4. The highest BCUT2D eigenvalue weighted by atomic mass is 35.5. The van der Waals surface area contributed by atoms with Crippen LogP contribution in [0.2, 0.25) is 4.47 Å². The molecule has 0 aliphatic rings. The van der Waals surface area contributed by atoms with Crippen molar-refractivity contribution >= 4 is 28.8 Å². The second-order valence-corrected chi connectivity index (χ2v) is 6.00. The molecule has 1 unspecified atom stereocenters. The molecular formula is C13H14ClN3O2S. The molecule has 0 aliphatic heterocycles. The number of benzene rings is 1. The molecule has 106 valence electrons. The van der Waals surface area contributed by atoms with Crippen LogP contribution < -0.4 is 5.32 Å². The van der Waals surface area contributed by atoms with E-state index in [2.05, 4.69) is 15.5 Å². The maximum Gasteiger partial charge on any atom is 0.282 e. The topological polar surface area (TPSA) is 75.1 Å². The molecule has 0 saturated carbocycles. The average Bonchev–Trinajstić information content (AvgIpc) is 2.85. The van der Waals surface area contributed by atoms with Crippen LogP contribution in [-0.2, 0) is 6.42 Å². The van der Waals surface area contributed by atoms with Crippen molar-refractivity contribution in [2.75, 3.05) is 0 Å². The molecule has 0 radical (unpaired) electrons. The van der Waals surface area contributed by atoms with Gasteiger partial charge in [-0.3, -0.25) is 4.79 Å². The van der Waals surface area contributed by atoms with Gasteiger partial charge in [-0.15, -0.1) is 10.2 Å². The summed E-state index contributed by atoms with van der Waals surface area (Å²) >= 11 is 6.70. The van der Waals surface area contributed by atoms with E-state index in [0.717, 1.165) is 29.7 Å². The van der Waals surface area contributed by atoms with Crippen molar-refractivity contribution in [2.24, 2.45) is 0 Å². The first-order valence-corrected chi connectivity index (χ1v) is 7.32. The minimum atomic E-state index is -0.257. The third-order valence-corrected chi connectivity index (χ3v) is 3.79. The summed E-state index contributed by atoms with van der Waals surface area (Å²) in [6, 6.07) is 7.06. The monoisotopic (exact) mass is 311 g/mol. The molecule has 0 saturated heterocycles. The summed E-state index contributed by atoms with van der Waals surface area (Å²) in [5, 5.41) is 19.6. The maximum atomic E-state index is 11.8. The number of nitrogens with one attached hydrogen (secondary N) is 1. The summed E-state index contributed by atoms with van der Waals surface area (Å²) in [5.74, 6) is -0.00384. The number of amides is 1. The van der Waals surface area contributed by atoms with E-state index in [1.807, 2.05) is 19.1 Å². The van der Waals surface area contributed by atoms with E-state index >= 15 is 0 Å². The molecule has 1 aromatic heterocycles. The summed E-state index contributed by atoms with van der Waals surface area (Å²) in [4.78, 5) is 11.8. The van der Waals surface area contributed by atoms with Crippen LogP contribution in [0.3, 0.4) is 0 Å². The highest BCUT2D eigenvalue weighted by Gasteiger charge is 2.14. The number of phenols is 1. The fourth-order valence-electron chi connectivity index (χ4n) is 1.70. The van der Waals surface area contributed by atoms with Crippen molar-refractivity contribution in [1.29, 1.82) is 0 Å². The SMILES string of the molecule is CC(CCc1ccc(O)cc1)NC(=O)c1nnc(Cl)s1. The van der Waals surface area contributed by atoms with Crippen LogP contribution in [0.4, 0.5) is 0 Å². The van der Waals surface area contributed by atoms with Crippen LogP contribution in [-0.4, -0.2) is 27.3 Å². The second kappa shape index (κ2) is 6.67. The van der Waals surface area contributed by atoms with Gasteiger partial charge in [-0.25, -0.2) is 0 Å². The van der Waals surface area contributed by atoms with Crippen LogP contribution >= 0.6 is 22.9 Å². The fourth-order valence-corrected chi connectivity index (χ4v) is 2.43. The maximum absolute atomic E-state index is 11.8. The molecule has 1 atom stereocenters. The summed E-state index contributed by atoms with van der Waals surface area (Å²) < 4.78 is 0.256. The summed E-state index contributed by atoms with van der Waals surface area (Å²) in [6.45, 7) is 1.93. The molecule has 5 nitrogen and oxygen atoms in total. The van der Waals surface area contributed by atoms with E-state index < -0.39 is 0 Å². The Bertz CT molecular complexity index is 586. The standard InChI is InChI=1S/C13H14ClN3O2S/c1-8(2-3-9-4-6-10(18)7-5-9)15-11(19)12-16-17-13(14)20-12/h4-8,18H,2-3H2,1H3,(H,15,19). The van der Waals surface area contributed by atoms with E-state index in [1.54, 1.807) is 12.1 Å². The number of carbonyl (C=O) groups is 1. The Labute approximate surface area is 125 Å². The lowest BCUT2D eigenvalue weighted by atomic mass is 10.1. The first kappa shape index (κ1) is 14.7. The highest BCUT2D eigenvalue weighted by Crippen LogP contribution is 2.15. The number of nitrogens with zero attached hydrogens (tertiary/aromatic N) is 2. The number of aromatic hydroxyl groups is 1. The molecule has 0 spiro atoms. The molecule has 7 heteroatoms. The minimum Gasteiger partial charge on any atom is -0.508 e. The van der Waals surface area contributed by atoms with Crippen molar-refractivity contribution < 1.29 is 9.90 Å². The van der Waals surface area contributed by atoms with Crippen molar-refractivity contribution in [1.82, 2.24) is 15.5 Å². The number of phenolic OH excluding ortho intramolecular Hbond substituents is 1. The van der Waals surface area contributed by atoms with Gasteiger partial charge in [0.05, 0.1) is 0 Å². The molecule has 0 fully saturated rings. The Kier molecular flexibility index (Phi) is 4.92. The van der Waals surface area contributed by atoms with Crippen LogP contribution in [0, 0.1) is 0 Å². The summed E-state index contributed by atoms with van der Waals surface area (Å²) in [7, 11) is 0. The zero-order valence-electron chi connectivity index (χ0n) is 10.8. The summed E-state index contributed by atoms with van der Waals surface area (Å²) in [5.41, 5.74) is 1.11. The predicted molar refractivity (Wildman–Crippen MR) is 78.3 cm³/mol. The van der Waals surface area contributed by atoms with E-state index in [-0.39, 0.29) is 27.2 Å². The molecule has 0 bridgehead atoms. The van der Waals surface area contributed by atoms with E-state index in [0.29, 0.717) is 0 Å². The van der Waals surface area contributed by atoms with Crippen LogP contribution in [0.1, 0.15) is 28.7 Å². The molecule has 2 N–H and O–H groups in total. The van der Waals surface area contributed by atoms with E-state index in [9.17, 15) is 9.90 Å². The van der Waals surface area contributed by atoms with Gasteiger partial charge in [-0.1, -0.05) is 23.5 Å². The molecule has 20 heavy (non-hydrogen) atoms. The normalized spacial score (nSPS) is 12.1. The van der Waals surface area contributed by atoms with E-state index in [4.69, 9.17) is 11.6 Å². The van der Waals surface area contributed by atoms with Crippen molar-refractivity contribution in [3.63, 3.8) is 0 Å². The lowest BCUT2D eigenvalue weighted by Gasteiger charge is -2.12. The van der Waals surface area contributed by atoms with Gasteiger partial charge in [0.25, 0.3) is 5.91 Å². The third-order valence-electron chi connectivity index (χ3n) is 2.77. The Balaban J connectivity index is 1.82.